The molecule has 1 heterocycles. The maximum atomic E-state index is 12.2. The van der Waals surface area contributed by atoms with Gasteiger partial charge in [-0.3, -0.25) is 4.79 Å². The van der Waals surface area contributed by atoms with Crippen molar-refractivity contribution < 1.29 is 14.6 Å². The number of nitrogens with zero attached hydrogens (tertiary/aromatic N) is 3. The van der Waals surface area contributed by atoms with Crippen LogP contribution in [-0.4, -0.2) is 27.3 Å². The van der Waals surface area contributed by atoms with E-state index >= 15 is 0 Å². The number of carbonyl (C=O) groups excluding carboxylic acids is 1. The van der Waals surface area contributed by atoms with E-state index in [0.717, 1.165) is 25.7 Å². The predicted molar refractivity (Wildman–Crippen MR) is 88.3 cm³/mol. The van der Waals surface area contributed by atoms with E-state index in [0.29, 0.717) is 10.7 Å². The van der Waals surface area contributed by atoms with Gasteiger partial charge in [0.1, 0.15) is 0 Å². The summed E-state index contributed by atoms with van der Waals surface area (Å²) in [5.74, 6) is -0.0797. The Bertz CT molecular complexity index is 755. The predicted octanol–water partition coefficient (Wildman–Crippen LogP) is 3.10. The van der Waals surface area contributed by atoms with Gasteiger partial charge < -0.3 is 15.8 Å². The molecule has 0 saturated heterocycles. The van der Waals surface area contributed by atoms with Gasteiger partial charge in [-0.15, -0.1) is 0 Å². The van der Waals surface area contributed by atoms with E-state index in [1.54, 1.807) is 24.3 Å². The van der Waals surface area contributed by atoms with Crippen LogP contribution in [0.4, 0.5) is 11.5 Å². The molecule has 8 nitrogen and oxygen atoms in total. The van der Waals surface area contributed by atoms with Crippen molar-refractivity contribution in [3.8, 4) is 0 Å². The van der Waals surface area contributed by atoms with Gasteiger partial charge in [-0.05, 0) is 41.4 Å². The third-order valence-corrected chi connectivity index (χ3v) is 4.10. The molecule has 1 aromatic heterocycles. The van der Waals surface area contributed by atoms with Crippen LogP contribution in [0.3, 0.4) is 0 Å². The number of nitrogens with one attached hydrogen (secondary N) is 2. The highest BCUT2D eigenvalue weighted by molar-refractivity contribution is 6.31. The zero-order valence-corrected chi connectivity index (χ0v) is 13.5. The molecule has 3 N–H and O–H groups in total. The summed E-state index contributed by atoms with van der Waals surface area (Å²) in [4.78, 5) is 12.2. The Balaban J connectivity index is 1.76. The number of hydrogen-bond acceptors (Lipinski definition) is 6. The number of benzene rings is 1. The van der Waals surface area contributed by atoms with Crippen LogP contribution in [0.5, 0.6) is 0 Å². The maximum Gasteiger partial charge on any atom is 0.228 e. The largest absolute Gasteiger partial charge is 0.409 e. The van der Waals surface area contributed by atoms with E-state index < -0.39 is 0 Å². The molecule has 0 bridgehead atoms. The van der Waals surface area contributed by atoms with Gasteiger partial charge in [0, 0.05) is 16.6 Å². The Morgan fingerprint density at radius 2 is 2.08 bits per heavy atom. The van der Waals surface area contributed by atoms with E-state index in [1.807, 2.05) is 0 Å². The van der Waals surface area contributed by atoms with Crippen molar-refractivity contribution in [2.75, 3.05) is 10.6 Å². The van der Waals surface area contributed by atoms with Gasteiger partial charge in [-0.1, -0.05) is 35.7 Å². The van der Waals surface area contributed by atoms with Gasteiger partial charge >= 0.3 is 0 Å². The van der Waals surface area contributed by atoms with Crippen molar-refractivity contribution in [1.82, 2.24) is 10.3 Å². The molecule has 126 valence electrons. The van der Waals surface area contributed by atoms with Crippen molar-refractivity contribution in [3.63, 3.8) is 0 Å². The zero-order chi connectivity index (χ0) is 16.9. The number of rotatable bonds is 4. The van der Waals surface area contributed by atoms with Gasteiger partial charge in [0.25, 0.3) is 0 Å². The summed E-state index contributed by atoms with van der Waals surface area (Å²) in [7, 11) is 0. The maximum absolute atomic E-state index is 12.2. The average Bonchev–Trinajstić information content (AvgIpc) is 3.24. The summed E-state index contributed by atoms with van der Waals surface area (Å²) >= 11 is 5.92. The summed E-state index contributed by atoms with van der Waals surface area (Å²) in [6, 6.07) is 6.84. The second-order valence-electron chi connectivity index (χ2n) is 5.52. The minimum atomic E-state index is -0.135. The number of oxime groups is 1. The highest BCUT2D eigenvalue weighted by atomic mass is 35.5. The smallest absolute Gasteiger partial charge is 0.228 e. The van der Waals surface area contributed by atoms with Crippen LogP contribution in [0.15, 0.2) is 34.1 Å². The average molecular weight is 350 g/mol. The molecular formula is C15H16ClN5O3. The Morgan fingerprint density at radius 3 is 2.79 bits per heavy atom. The third-order valence-electron chi connectivity index (χ3n) is 3.87. The number of amides is 1. The first-order chi connectivity index (χ1) is 11.7. The standard InChI is InChI=1S/C15H16ClN5O3/c16-10-6-3-7-11(8-10)17-13(19-23)12-14(21-24-20-12)18-15(22)9-4-1-2-5-9/h3,6-9,23H,1-2,4-5H2,(H,17,19)(H,18,21,22). The summed E-state index contributed by atoms with van der Waals surface area (Å²) in [5.41, 5.74) is 0.690. The molecule has 1 aromatic carbocycles. The van der Waals surface area contributed by atoms with Crippen molar-refractivity contribution in [3.05, 3.63) is 35.0 Å². The topological polar surface area (TPSA) is 113 Å². The third kappa shape index (κ3) is 3.65. The summed E-state index contributed by atoms with van der Waals surface area (Å²) in [6.07, 6.45) is 3.80. The molecule has 24 heavy (non-hydrogen) atoms. The zero-order valence-electron chi connectivity index (χ0n) is 12.7. The molecule has 1 aliphatic rings. The number of amidine groups is 1. The van der Waals surface area contributed by atoms with E-state index in [4.69, 9.17) is 11.6 Å². The molecule has 0 spiro atoms. The fourth-order valence-electron chi connectivity index (χ4n) is 2.67. The lowest BCUT2D eigenvalue weighted by Crippen LogP contribution is -2.23. The minimum absolute atomic E-state index is 0.0137. The van der Waals surface area contributed by atoms with Crippen molar-refractivity contribution in [2.24, 2.45) is 11.1 Å². The Morgan fingerprint density at radius 1 is 1.29 bits per heavy atom. The molecule has 1 fully saturated rings. The Hall–Kier alpha value is -2.61. The number of aromatic nitrogens is 2. The van der Waals surface area contributed by atoms with Crippen LogP contribution in [0, 0.1) is 5.92 Å². The molecule has 3 rings (SSSR count). The molecule has 0 atom stereocenters. The van der Waals surface area contributed by atoms with Gasteiger partial charge in [0.05, 0.1) is 0 Å². The van der Waals surface area contributed by atoms with E-state index in [9.17, 15) is 10.0 Å². The summed E-state index contributed by atoms with van der Waals surface area (Å²) in [6.45, 7) is 0. The van der Waals surface area contributed by atoms with Crippen LogP contribution in [-0.2, 0) is 4.79 Å². The van der Waals surface area contributed by atoms with Gasteiger partial charge in [-0.25, -0.2) is 4.63 Å². The number of carbonyl (C=O) groups is 1. The summed E-state index contributed by atoms with van der Waals surface area (Å²) in [5, 5.41) is 25.9. The fraction of sp³-hybridized carbons (Fsp3) is 0.333. The van der Waals surface area contributed by atoms with E-state index in [-0.39, 0.29) is 29.2 Å². The molecule has 1 aliphatic carbocycles. The highest BCUT2D eigenvalue weighted by Crippen LogP contribution is 2.26. The Kier molecular flexibility index (Phi) is 4.95. The van der Waals surface area contributed by atoms with Gasteiger partial charge in [-0.2, -0.15) is 0 Å². The molecular weight excluding hydrogens is 334 g/mol. The molecule has 1 amide bonds. The van der Waals surface area contributed by atoms with E-state index in [2.05, 4.69) is 30.7 Å². The van der Waals surface area contributed by atoms with E-state index in [1.165, 1.54) is 0 Å². The van der Waals surface area contributed by atoms with Crippen molar-refractivity contribution >= 4 is 34.8 Å². The summed E-state index contributed by atoms with van der Waals surface area (Å²) < 4.78 is 4.68. The van der Waals surface area contributed by atoms with Crippen LogP contribution in [0.2, 0.25) is 5.02 Å². The van der Waals surface area contributed by atoms with Crippen LogP contribution >= 0.6 is 11.6 Å². The molecule has 0 radical (unpaired) electrons. The first kappa shape index (κ1) is 16.3. The first-order valence-electron chi connectivity index (χ1n) is 7.56. The van der Waals surface area contributed by atoms with Gasteiger partial charge in [0.2, 0.25) is 17.6 Å². The van der Waals surface area contributed by atoms with Crippen LogP contribution in [0.25, 0.3) is 0 Å². The number of hydrogen-bond donors (Lipinski definition) is 3. The minimum Gasteiger partial charge on any atom is -0.409 e. The first-order valence-corrected chi connectivity index (χ1v) is 7.93. The van der Waals surface area contributed by atoms with Crippen molar-refractivity contribution in [1.29, 1.82) is 0 Å². The Labute approximate surface area is 142 Å². The van der Waals surface area contributed by atoms with Crippen LogP contribution in [0.1, 0.15) is 31.4 Å². The highest BCUT2D eigenvalue weighted by Gasteiger charge is 2.26. The second kappa shape index (κ2) is 7.31. The number of halogens is 1. The molecule has 1 saturated carbocycles. The lowest BCUT2D eigenvalue weighted by atomic mass is 10.1. The molecule has 9 heteroatoms. The van der Waals surface area contributed by atoms with Gasteiger partial charge in [0.15, 0.2) is 5.69 Å². The van der Waals surface area contributed by atoms with Crippen molar-refractivity contribution in [2.45, 2.75) is 25.7 Å². The molecule has 0 unspecified atom stereocenters. The van der Waals surface area contributed by atoms with Crippen LogP contribution < -0.4 is 10.6 Å². The lowest BCUT2D eigenvalue weighted by Gasteiger charge is -2.10. The second-order valence-corrected chi connectivity index (χ2v) is 5.95. The SMILES string of the molecule is O=C(Nc1nonc1/C(=N\O)Nc1cccc(Cl)c1)C1CCCC1. The number of anilines is 2. The molecule has 2 aromatic rings. The monoisotopic (exact) mass is 349 g/mol. The normalized spacial score (nSPS) is 15.5. The molecule has 0 aliphatic heterocycles. The quantitative estimate of drug-likeness (QED) is 0.338. The fourth-order valence-corrected chi connectivity index (χ4v) is 2.86. The lowest BCUT2D eigenvalue weighted by molar-refractivity contribution is -0.119.